The van der Waals surface area contributed by atoms with E-state index in [9.17, 15) is 0 Å². The molecule has 1 aromatic carbocycles. The van der Waals surface area contributed by atoms with Crippen LogP contribution < -0.4 is 11.1 Å². The predicted octanol–water partition coefficient (Wildman–Crippen LogP) is 4.20. The molecular weight excluding hydrogens is 246 g/mol. The summed E-state index contributed by atoms with van der Waals surface area (Å²) in [7, 11) is 0. The van der Waals surface area contributed by atoms with Crippen LogP contribution in [-0.4, -0.2) is 11.0 Å². The van der Waals surface area contributed by atoms with Gasteiger partial charge in [0, 0.05) is 40.6 Å². The van der Waals surface area contributed by atoms with Crippen LogP contribution in [-0.2, 0) is 0 Å². The number of nitrogen functional groups attached to an aromatic ring is 1. The Kier molecular flexibility index (Phi) is 3.77. The molecule has 3 heteroatoms. The summed E-state index contributed by atoms with van der Waals surface area (Å²) >= 11 is 0. The van der Waals surface area contributed by atoms with Crippen LogP contribution in [0.2, 0.25) is 0 Å². The van der Waals surface area contributed by atoms with Gasteiger partial charge in [0.25, 0.3) is 0 Å². The minimum atomic E-state index is 0.595. The third-order valence-electron chi connectivity index (χ3n) is 4.64. The summed E-state index contributed by atoms with van der Waals surface area (Å²) in [5.41, 5.74) is 8.02. The second-order valence-electron chi connectivity index (χ2n) is 5.89. The van der Waals surface area contributed by atoms with Gasteiger partial charge in [-0.25, -0.2) is 0 Å². The van der Waals surface area contributed by atoms with Crippen molar-refractivity contribution in [2.45, 2.75) is 45.1 Å². The minimum absolute atomic E-state index is 0.595. The van der Waals surface area contributed by atoms with Crippen LogP contribution in [0.25, 0.3) is 10.8 Å². The molecule has 2 aromatic rings. The first-order chi connectivity index (χ1) is 9.78. The van der Waals surface area contributed by atoms with Crippen molar-refractivity contribution in [1.82, 2.24) is 4.98 Å². The van der Waals surface area contributed by atoms with Crippen molar-refractivity contribution in [2.75, 3.05) is 11.1 Å². The molecule has 0 spiro atoms. The monoisotopic (exact) mass is 269 g/mol. The fourth-order valence-corrected chi connectivity index (χ4v) is 3.27. The lowest BCUT2D eigenvalue weighted by molar-refractivity contribution is 0.330. The number of hydrogen-bond acceptors (Lipinski definition) is 3. The Bertz CT molecular complexity index is 586. The van der Waals surface area contributed by atoms with Gasteiger partial charge in [0.2, 0.25) is 0 Å². The molecule has 0 saturated heterocycles. The van der Waals surface area contributed by atoms with E-state index in [1.54, 1.807) is 0 Å². The van der Waals surface area contributed by atoms with Gasteiger partial charge in [0.15, 0.2) is 0 Å². The molecule has 1 aromatic heterocycles. The average Bonchev–Trinajstić information content (AvgIpc) is 2.51. The Morgan fingerprint density at radius 1 is 1.15 bits per heavy atom. The zero-order valence-electron chi connectivity index (χ0n) is 12.1. The Hall–Kier alpha value is -1.77. The molecule has 1 fully saturated rings. The van der Waals surface area contributed by atoms with E-state index in [1.165, 1.54) is 43.2 Å². The van der Waals surface area contributed by atoms with Gasteiger partial charge >= 0.3 is 0 Å². The van der Waals surface area contributed by atoms with Crippen LogP contribution in [0.5, 0.6) is 0 Å². The first-order valence-electron chi connectivity index (χ1n) is 7.66. The zero-order chi connectivity index (χ0) is 13.9. The molecule has 106 valence electrons. The molecule has 3 N–H and O–H groups in total. The van der Waals surface area contributed by atoms with Gasteiger partial charge < -0.3 is 11.1 Å². The minimum Gasteiger partial charge on any atom is -0.398 e. The molecule has 0 atom stereocenters. The number of hydrogen-bond donors (Lipinski definition) is 2. The second-order valence-corrected chi connectivity index (χ2v) is 5.89. The Morgan fingerprint density at radius 3 is 2.70 bits per heavy atom. The molecule has 3 rings (SSSR count). The van der Waals surface area contributed by atoms with Crippen molar-refractivity contribution in [3.05, 3.63) is 30.6 Å². The van der Waals surface area contributed by atoms with Crippen molar-refractivity contribution >= 4 is 22.1 Å². The molecule has 0 unspecified atom stereocenters. The molecule has 1 saturated carbocycles. The highest BCUT2D eigenvalue weighted by Crippen LogP contribution is 2.32. The van der Waals surface area contributed by atoms with Crippen molar-refractivity contribution in [3.8, 4) is 0 Å². The predicted molar refractivity (Wildman–Crippen MR) is 85.8 cm³/mol. The van der Waals surface area contributed by atoms with Crippen LogP contribution in [0.3, 0.4) is 0 Å². The molecule has 0 radical (unpaired) electrons. The summed E-state index contributed by atoms with van der Waals surface area (Å²) in [6.45, 7) is 2.30. The van der Waals surface area contributed by atoms with Crippen molar-refractivity contribution in [1.29, 1.82) is 0 Å². The van der Waals surface area contributed by atoms with Crippen LogP contribution in [0.1, 0.15) is 39.0 Å². The summed E-state index contributed by atoms with van der Waals surface area (Å²) in [5, 5.41) is 5.93. The van der Waals surface area contributed by atoms with Gasteiger partial charge in [-0.05, 0) is 49.8 Å². The summed E-state index contributed by atoms with van der Waals surface area (Å²) in [5.74, 6) is 0.931. The number of nitrogens with one attached hydrogen (secondary N) is 1. The number of benzene rings is 1. The molecule has 0 bridgehead atoms. The van der Waals surface area contributed by atoms with Crippen LogP contribution in [0.15, 0.2) is 30.6 Å². The maximum absolute atomic E-state index is 6.03. The van der Waals surface area contributed by atoms with Crippen LogP contribution >= 0.6 is 0 Å². The maximum atomic E-state index is 6.03. The van der Waals surface area contributed by atoms with Gasteiger partial charge in [-0.2, -0.15) is 0 Å². The number of nitrogens with zero attached hydrogens (tertiary/aromatic N) is 1. The molecular formula is C17H23N3. The molecule has 1 aliphatic carbocycles. The van der Waals surface area contributed by atoms with E-state index < -0.39 is 0 Å². The van der Waals surface area contributed by atoms with Gasteiger partial charge in [-0.3, -0.25) is 4.98 Å². The summed E-state index contributed by atoms with van der Waals surface area (Å²) in [6, 6.07) is 6.72. The lowest BCUT2D eigenvalue weighted by Gasteiger charge is -2.29. The molecule has 0 amide bonds. The van der Waals surface area contributed by atoms with Crippen LogP contribution in [0.4, 0.5) is 11.4 Å². The van der Waals surface area contributed by atoms with E-state index in [0.717, 1.165) is 17.0 Å². The summed E-state index contributed by atoms with van der Waals surface area (Å²) < 4.78 is 0. The Balaban J connectivity index is 1.80. The van der Waals surface area contributed by atoms with Gasteiger partial charge in [-0.1, -0.05) is 13.3 Å². The number of fused-ring (bicyclic) bond motifs is 1. The van der Waals surface area contributed by atoms with Crippen molar-refractivity contribution < 1.29 is 0 Å². The highest BCUT2D eigenvalue weighted by molar-refractivity contribution is 6.00. The fraction of sp³-hybridized carbons (Fsp3) is 0.471. The van der Waals surface area contributed by atoms with E-state index in [-0.39, 0.29) is 0 Å². The highest BCUT2D eigenvalue weighted by atomic mass is 14.9. The largest absolute Gasteiger partial charge is 0.398 e. The topological polar surface area (TPSA) is 50.9 Å². The Morgan fingerprint density at radius 2 is 1.95 bits per heavy atom. The number of aromatic nitrogens is 1. The first-order valence-corrected chi connectivity index (χ1v) is 7.66. The van der Waals surface area contributed by atoms with Gasteiger partial charge in [0.1, 0.15) is 0 Å². The quantitative estimate of drug-likeness (QED) is 0.821. The van der Waals surface area contributed by atoms with E-state index in [4.69, 9.17) is 5.73 Å². The first kappa shape index (κ1) is 13.2. The summed E-state index contributed by atoms with van der Waals surface area (Å²) in [6.07, 6.45) is 10.3. The number of anilines is 2. The third kappa shape index (κ3) is 2.58. The van der Waals surface area contributed by atoms with Gasteiger partial charge in [-0.15, -0.1) is 0 Å². The molecule has 20 heavy (non-hydrogen) atoms. The smallest absolute Gasteiger partial charge is 0.0424 e. The maximum Gasteiger partial charge on any atom is 0.0424 e. The second kappa shape index (κ2) is 5.70. The van der Waals surface area contributed by atoms with Crippen LogP contribution in [0, 0.1) is 5.92 Å². The normalized spacial score (nSPS) is 22.9. The third-order valence-corrected chi connectivity index (χ3v) is 4.64. The number of pyridine rings is 1. The fourth-order valence-electron chi connectivity index (χ4n) is 3.27. The molecule has 1 heterocycles. The number of nitrogens with two attached hydrogens (primary N) is 1. The SMILES string of the molecule is CCC1CCC(Nc2ccc(N)c3cnccc23)CC1. The van der Waals surface area contributed by atoms with Gasteiger partial charge in [0.05, 0.1) is 0 Å². The standard InChI is InChI=1S/C17H23N3/c1-2-12-3-5-13(6-4-12)20-17-8-7-16(18)15-11-19-10-9-14(15)17/h7-13,20H,2-6,18H2,1H3. The summed E-state index contributed by atoms with van der Waals surface area (Å²) in [4.78, 5) is 4.17. The van der Waals surface area contributed by atoms with E-state index in [2.05, 4.69) is 23.3 Å². The zero-order valence-corrected chi connectivity index (χ0v) is 12.1. The molecule has 3 nitrogen and oxygen atoms in total. The molecule has 0 aliphatic heterocycles. The van der Waals surface area contributed by atoms with Crippen molar-refractivity contribution in [2.24, 2.45) is 5.92 Å². The van der Waals surface area contributed by atoms with E-state index in [0.29, 0.717) is 6.04 Å². The lowest BCUT2D eigenvalue weighted by Crippen LogP contribution is -2.26. The number of rotatable bonds is 3. The highest BCUT2D eigenvalue weighted by Gasteiger charge is 2.20. The lowest BCUT2D eigenvalue weighted by atomic mass is 9.84. The Labute approximate surface area is 120 Å². The average molecular weight is 269 g/mol. The van der Waals surface area contributed by atoms with E-state index >= 15 is 0 Å². The van der Waals surface area contributed by atoms with Crippen molar-refractivity contribution in [3.63, 3.8) is 0 Å². The van der Waals surface area contributed by atoms with E-state index in [1.807, 2.05) is 24.5 Å². The molecule has 1 aliphatic rings.